The summed E-state index contributed by atoms with van der Waals surface area (Å²) in [5, 5.41) is 12.9. The lowest BCUT2D eigenvalue weighted by Gasteiger charge is -2.05. The Morgan fingerprint density at radius 3 is 2.76 bits per heavy atom. The van der Waals surface area contributed by atoms with Crippen LogP contribution in [0.5, 0.6) is 0 Å². The first-order chi connectivity index (χ1) is 8.11. The van der Waals surface area contributed by atoms with E-state index in [4.69, 9.17) is 5.26 Å². The molecule has 0 aliphatic heterocycles. The van der Waals surface area contributed by atoms with E-state index >= 15 is 0 Å². The number of nitrogens with zero attached hydrogens (tertiary/aromatic N) is 3. The summed E-state index contributed by atoms with van der Waals surface area (Å²) >= 11 is 6.55. The molecule has 2 rings (SSSR count). The Balaban J connectivity index is 2.37. The summed E-state index contributed by atoms with van der Waals surface area (Å²) in [6.45, 7) is 0.271. The van der Waals surface area contributed by atoms with Crippen LogP contribution in [0.1, 0.15) is 11.1 Å². The van der Waals surface area contributed by atoms with Gasteiger partial charge in [-0.2, -0.15) is 10.4 Å². The van der Waals surface area contributed by atoms with E-state index in [1.165, 1.54) is 6.07 Å². The molecule has 1 aromatic carbocycles. The largest absolute Gasteiger partial charge is 0.253 e. The monoisotopic (exact) mass is 357 g/mol. The number of rotatable bonds is 2. The van der Waals surface area contributed by atoms with Crippen molar-refractivity contribution in [3.05, 3.63) is 50.4 Å². The quantitative estimate of drug-likeness (QED) is 0.824. The van der Waals surface area contributed by atoms with Crippen molar-refractivity contribution >= 4 is 31.9 Å². The highest BCUT2D eigenvalue weighted by Crippen LogP contribution is 2.19. The molecule has 17 heavy (non-hydrogen) atoms. The van der Waals surface area contributed by atoms with Gasteiger partial charge in [0.05, 0.1) is 12.1 Å². The zero-order valence-corrected chi connectivity index (χ0v) is 11.7. The topological polar surface area (TPSA) is 41.6 Å². The second-order valence-electron chi connectivity index (χ2n) is 3.34. The summed E-state index contributed by atoms with van der Waals surface area (Å²) < 4.78 is 16.8. The molecule has 0 N–H and O–H groups in total. The van der Waals surface area contributed by atoms with E-state index in [2.05, 4.69) is 37.0 Å². The average Bonchev–Trinajstić information content (AvgIpc) is 2.60. The maximum absolute atomic E-state index is 13.8. The highest BCUT2D eigenvalue weighted by Gasteiger charge is 2.10. The molecular weight excluding hydrogens is 353 g/mol. The molecule has 1 heterocycles. The predicted molar refractivity (Wildman–Crippen MR) is 67.8 cm³/mol. The summed E-state index contributed by atoms with van der Waals surface area (Å²) in [6, 6.07) is 8.33. The first-order valence-corrected chi connectivity index (χ1v) is 6.26. The van der Waals surface area contributed by atoms with Crippen molar-refractivity contribution in [3.8, 4) is 6.07 Å². The van der Waals surface area contributed by atoms with Gasteiger partial charge in [-0.15, -0.1) is 0 Å². The van der Waals surface area contributed by atoms with Gasteiger partial charge in [-0.1, -0.05) is 12.1 Å². The van der Waals surface area contributed by atoms with E-state index in [1.807, 2.05) is 6.07 Å². The SMILES string of the molecule is N#Cc1cccc(Cn2nc(Br)cc2Br)c1F. The van der Waals surface area contributed by atoms with Crippen LogP contribution in [0.25, 0.3) is 0 Å². The fourth-order valence-electron chi connectivity index (χ4n) is 1.43. The molecule has 0 bridgehead atoms. The molecule has 0 fully saturated rings. The smallest absolute Gasteiger partial charge is 0.146 e. The van der Waals surface area contributed by atoms with Crippen molar-refractivity contribution < 1.29 is 4.39 Å². The lowest BCUT2D eigenvalue weighted by Crippen LogP contribution is -2.05. The Labute approximate surface area is 114 Å². The third kappa shape index (κ3) is 2.56. The molecule has 0 saturated carbocycles. The van der Waals surface area contributed by atoms with Gasteiger partial charge < -0.3 is 0 Å². The van der Waals surface area contributed by atoms with Crippen LogP contribution < -0.4 is 0 Å². The maximum Gasteiger partial charge on any atom is 0.146 e. The van der Waals surface area contributed by atoms with Gasteiger partial charge in [-0.3, -0.25) is 4.68 Å². The average molecular weight is 359 g/mol. The number of aromatic nitrogens is 2. The van der Waals surface area contributed by atoms with E-state index in [0.717, 1.165) is 4.60 Å². The fraction of sp³-hybridized carbons (Fsp3) is 0.0909. The molecule has 6 heteroatoms. The summed E-state index contributed by atoms with van der Waals surface area (Å²) in [5.41, 5.74) is 0.477. The molecular formula is C11H6Br2FN3. The van der Waals surface area contributed by atoms with E-state index in [0.29, 0.717) is 10.2 Å². The van der Waals surface area contributed by atoms with Crippen molar-refractivity contribution in [1.82, 2.24) is 9.78 Å². The van der Waals surface area contributed by atoms with Crippen LogP contribution in [0.4, 0.5) is 4.39 Å². The van der Waals surface area contributed by atoms with Crippen molar-refractivity contribution in [3.63, 3.8) is 0 Å². The summed E-state index contributed by atoms with van der Waals surface area (Å²) in [7, 11) is 0. The molecule has 0 radical (unpaired) electrons. The van der Waals surface area contributed by atoms with E-state index in [9.17, 15) is 4.39 Å². The van der Waals surface area contributed by atoms with Gasteiger partial charge >= 0.3 is 0 Å². The summed E-state index contributed by atoms with van der Waals surface area (Å²) in [6.07, 6.45) is 0. The first kappa shape index (κ1) is 12.3. The Morgan fingerprint density at radius 1 is 1.41 bits per heavy atom. The summed E-state index contributed by atoms with van der Waals surface area (Å²) in [5.74, 6) is -0.492. The number of hydrogen-bond donors (Lipinski definition) is 0. The van der Waals surface area contributed by atoms with Gasteiger partial charge in [-0.05, 0) is 37.9 Å². The van der Waals surface area contributed by atoms with Gasteiger partial charge in [0.15, 0.2) is 0 Å². The minimum Gasteiger partial charge on any atom is -0.253 e. The fourth-order valence-corrected chi connectivity index (χ4v) is 2.56. The number of halogens is 3. The van der Waals surface area contributed by atoms with Crippen LogP contribution >= 0.6 is 31.9 Å². The first-order valence-electron chi connectivity index (χ1n) is 4.68. The van der Waals surface area contributed by atoms with E-state index < -0.39 is 5.82 Å². The highest BCUT2D eigenvalue weighted by molar-refractivity contribution is 9.11. The van der Waals surface area contributed by atoms with Crippen LogP contribution in [0.2, 0.25) is 0 Å². The zero-order chi connectivity index (χ0) is 12.4. The second kappa shape index (κ2) is 4.98. The van der Waals surface area contributed by atoms with E-state index in [1.54, 1.807) is 22.9 Å². The highest BCUT2D eigenvalue weighted by atomic mass is 79.9. The second-order valence-corrected chi connectivity index (χ2v) is 4.96. The van der Waals surface area contributed by atoms with Crippen LogP contribution in [0, 0.1) is 17.1 Å². The maximum atomic E-state index is 13.8. The molecule has 0 aliphatic carbocycles. The lowest BCUT2D eigenvalue weighted by molar-refractivity contribution is 0.577. The third-order valence-corrected chi connectivity index (χ3v) is 3.25. The van der Waals surface area contributed by atoms with Crippen LogP contribution in [0.3, 0.4) is 0 Å². The van der Waals surface area contributed by atoms with Gasteiger partial charge in [0.1, 0.15) is 21.1 Å². The van der Waals surface area contributed by atoms with Gasteiger partial charge in [0, 0.05) is 11.6 Å². The molecule has 0 saturated heterocycles. The van der Waals surface area contributed by atoms with Gasteiger partial charge in [-0.25, -0.2) is 4.39 Å². The summed E-state index contributed by atoms with van der Waals surface area (Å²) in [4.78, 5) is 0. The Morgan fingerprint density at radius 2 is 2.18 bits per heavy atom. The number of hydrogen-bond acceptors (Lipinski definition) is 2. The van der Waals surface area contributed by atoms with Crippen molar-refractivity contribution in [1.29, 1.82) is 5.26 Å². The molecule has 3 nitrogen and oxygen atoms in total. The zero-order valence-electron chi connectivity index (χ0n) is 8.49. The van der Waals surface area contributed by atoms with Crippen molar-refractivity contribution in [2.75, 3.05) is 0 Å². The van der Waals surface area contributed by atoms with Crippen LogP contribution in [-0.2, 0) is 6.54 Å². The molecule has 0 unspecified atom stereocenters. The standard InChI is InChI=1S/C11H6Br2FN3/c12-9-4-10(13)17(16-9)6-8-3-1-2-7(5-15)11(8)14/h1-4H,6H2. The predicted octanol–water partition coefficient (Wildman–Crippen LogP) is 3.47. The Hall–Kier alpha value is -1.19. The third-order valence-electron chi connectivity index (χ3n) is 2.22. The minimum atomic E-state index is -0.492. The van der Waals surface area contributed by atoms with Crippen LogP contribution in [-0.4, -0.2) is 9.78 Å². The normalized spacial score (nSPS) is 10.2. The number of nitriles is 1. The molecule has 0 aliphatic rings. The minimum absolute atomic E-state index is 0.0462. The molecule has 2 aromatic rings. The van der Waals surface area contributed by atoms with Gasteiger partial charge in [0.25, 0.3) is 0 Å². The molecule has 1 aromatic heterocycles. The molecule has 0 amide bonds. The van der Waals surface area contributed by atoms with Gasteiger partial charge in [0.2, 0.25) is 0 Å². The van der Waals surface area contributed by atoms with E-state index in [-0.39, 0.29) is 12.1 Å². The van der Waals surface area contributed by atoms with Crippen molar-refractivity contribution in [2.24, 2.45) is 0 Å². The molecule has 0 atom stereocenters. The Kier molecular flexibility index (Phi) is 3.60. The van der Waals surface area contributed by atoms with Crippen molar-refractivity contribution in [2.45, 2.75) is 6.54 Å². The lowest BCUT2D eigenvalue weighted by atomic mass is 10.1. The molecule has 86 valence electrons. The molecule has 0 spiro atoms. The van der Waals surface area contributed by atoms with Crippen LogP contribution in [0.15, 0.2) is 33.5 Å². The Bertz CT molecular complexity index is 601. The number of benzene rings is 1.